The summed E-state index contributed by atoms with van der Waals surface area (Å²) in [4.78, 5) is 25.4. The highest BCUT2D eigenvalue weighted by molar-refractivity contribution is 6.35. The molecule has 0 aliphatic rings. The van der Waals surface area contributed by atoms with Gasteiger partial charge in [0.15, 0.2) is 0 Å². The third-order valence-electron chi connectivity index (χ3n) is 3.12. The molecule has 0 spiro atoms. The number of amides is 1. The Kier molecular flexibility index (Phi) is 4.70. The van der Waals surface area contributed by atoms with Crippen LogP contribution in [0, 0.1) is 0 Å². The van der Waals surface area contributed by atoms with E-state index in [1.165, 1.54) is 15.5 Å². The predicted molar refractivity (Wildman–Crippen MR) is 83.9 cm³/mol. The molecule has 0 aliphatic heterocycles. The van der Waals surface area contributed by atoms with Gasteiger partial charge >= 0.3 is 0 Å². The Labute approximate surface area is 132 Å². The minimum Gasteiger partial charge on any atom is -0.337 e. The number of aromatic nitrogens is 1. The molecule has 0 saturated heterocycles. The zero-order valence-corrected chi connectivity index (χ0v) is 13.1. The molecule has 2 rings (SSSR count). The topological polar surface area (TPSA) is 42.3 Å². The van der Waals surface area contributed by atoms with E-state index >= 15 is 0 Å². The van der Waals surface area contributed by atoms with Crippen LogP contribution in [0.15, 0.2) is 41.3 Å². The van der Waals surface area contributed by atoms with Crippen LogP contribution in [0.2, 0.25) is 10.0 Å². The average molecular weight is 325 g/mol. The third-order valence-corrected chi connectivity index (χ3v) is 3.71. The van der Waals surface area contributed by atoms with Gasteiger partial charge in [0.25, 0.3) is 11.5 Å². The Balaban J connectivity index is 2.19. The van der Waals surface area contributed by atoms with Crippen molar-refractivity contribution in [3.63, 3.8) is 0 Å². The van der Waals surface area contributed by atoms with Crippen molar-refractivity contribution in [1.29, 1.82) is 0 Å². The maximum Gasteiger partial charge on any atom is 0.254 e. The lowest BCUT2D eigenvalue weighted by Gasteiger charge is -2.18. The van der Waals surface area contributed by atoms with Crippen molar-refractivity contribution in [3.8, 4) is 0 Å². The van der Waals surface area contributed by atoms with E-state index in [2.05, 4.69) is 0 Å². The van der Waals surface area contributed by atoms with Crippen LogP contribution in [0.4, 0.5) is 0 Å². The molecule has 6 heteroatoms. The molecule has 1 aromatic heterocycles. The van der Waals surface area contributed by atoms with Gasteiger partial charge in [-0.1, -0.05) is 29.3 Å². The summed E-state index contributed by atoms with van der Waals surface area (Å²) in [7, 11) is 3.29. The summed E-state index contributed by atoms with van der Waals surface area (Å²) >= 11 is 11.9. The quantitative estimate of drug-likeness (QED) is 0.871. The van der Waals surface area contributed by atoms with Gasteiger partial charge in [-0.25, -0.2) is 0 Å². The van der Waals surface area contributed by atoms with Crippen molar-refractivity contribution in [3.05, 3.63) is 68.1 Å². The van der Waals surface area contributed by atoms with E-state index in [1.54, 1.807) is 44.6 Å². The summed E-state index contributed by atoms with van der Waals surface area (Å²) in [6.07, 6.45) is 1.57. The SMILES string of the molecule is CN(Cc1ccc(Cl)cc1Cl)C(=O)c1ccn(C)c(=O)c1. The number of benzene rings is 1. The van der Waals surface area contributed by atoms with E-state index in [-0.39, 0.29) is 11.5 Å². The van der Waals surface area contributed by atoms with Crippen molar-refractivity contribution >= 4 is 29.1 Å². The van der Waals surface area contributed by atoms with Crippen molar-refractivity contribution in [1.82, 2.24) is 9.47 Å². The molecule has 0 unspecified atom stereocenters. The van der Waals surface area contributed by atoms with Crippen LogP contribution in [0.3, 0.4) is 0 Å². The van der Waals surface area contributed by atoms with Crippen LogP contribution in [0.1, 0.15) is 15.9 Å². The highest BCUT2D eigenvalue weighted by Crippen LogP contribution is 2.22. The number of carbonyl (C=O) groups excluding carboxylic acids is 1. The van der Waals surface area contributed by atoms with Crippen molar-refractivity contribution < 1.29 is 4.79 Å². The first-order valence-electron chi connectivity index (χ1n) is 6.24. The van der Waals surface area contributed by atoms with Crippen LogP contribution >= 0.6 is 23.2 Å². The van der Waals surface area contributed by atoms with E-state index in [0.717, 1.165) is 5.56 Å². The van der Waals surface area contributed by atoms with Crippen LogP contribution < -0.4 is 5.56 Å². The minimum atomic E-state index is -0.237. The molecule has 0 fully saturated rings. The standard InChI is InChI=1S/C15H14Cl2N2O2/c1-18-6-5-10(7-14(18)20)15(21)19(2)9-11-3-4-12(16)8-13(11)17/h3-8H,9H2,1-2H3. The summed E-state index contributed by atoms with van der Waals surface area (Å²) in [6, 6.07) is 8.07. The zero-order chi connectivity index (χ0) is 15.6. The molecule has 1 aromatic carbocycles. The molecular weight excluding hydrogens is 311 g/mol. The Morgan fingerprint density at radius 1 is 1.24 bits per heavy atom. The third kappa shape index (κ3) is 3.65. The first-order chi connectivity index (χ1) is 9.88. The molecule has 0 N–H and O–H groups in total. The minimum absolute atomic E-state index is 0.223. The number of aryl methyl sites for hydroxylation is 1. The Bertz CT molecular complexity index is 741. The number of carbonyl (C=O) groups is 1. The van der Waals surface area contributed by atoms with Crippen molar-refractivity contribution in [2.24, 2.45) is 7.05 Å². The lowest BCUT2D eigenvalue weighted by molar-refractivity contribution is 0.0785. The number of rotatable bonds is 3. The monoisotopic (exact) mass is 324 g/mol. The van der Waals surface area contributed by atoms with Gasteiger partial charge in [-0.05, 0) is 23.8 Å². The van der Waals surface area contributed by atoms with Crippen LogP contribution in [0.25, 0.3) is 0 Å². The maximum atomic E-state index is 12.3. The second-order valence-electron chi connectivity index (χ2n) is 4.76. The van der Waals surface area contributed by atoms with Gasteiger partial charge in [-0.3, -0.25) is 9.59 Å². The predicted octanol–water partition coefficient (Wildman–Crippen LogP) is 2.96. The van der Waals surface area contributed by atoms with E-state index in [9.17, 15) is 9.59 Å². The normalized spacial score (nSPS) is 10.5. The number of hydrogen-bond donors (Lipinski definition) is 0. The first-order valence-corrected chi connectivity index (χ1v) is 7.00. The fourth-order valence-electron chi connectivity index (χ4n) is 1.88. The number of hydrogen-bond acceptors (Lipinski definition) is 2. The van der Waals surface area contributed by atoms with Gasteiger partial charge in [-0.15, -0.1) is 0 Å². The largest absolute Gasteiger partial charge is 0.337 e. The molecular formula is C15H14Cl2N2O2. The molecule has 1 amide bonds. The molecule has 0 bridgehead atoms. The van der Waals surface area contributed by atoms with Gasteiger partial charge < -0.3 is 9.47 Å². The molecule has 110 valence electrons. The molecule has 0 radical (unpaired) electrons. The Morgan fingerprint density at radius 2 is 1.95 bits per heavy atom. The van der Waals surface area contributed by atoms with E-state index in [0.29, 0.717) is 22.2 Å². The highest BCUT2D eigenvalue weighted by Gasteiger charge is 2.14. The number of nitrogens with zero attached hydrogens (tertiary/aromatic N) is 2. The van der Waals surface area contributed by atoms with Gasteiger partial charge in [0, 0.05) is 48.5 Å². The number of pyridine rings is 1. The Morgan fingerprint density at radius 3 is 2.57 bits per heavy atom. The fourth-order valence-corrected chi connectivity index (χ4v) is 2.35. The zero-order valence-electron chi connectivity index (χ0n) is 11.6. The molecule has 2 aromatic rings. The van der Waals surface area contributed by atoms with Crippen molar-refractivity contribution in [2.45, 2.75) is 6.54 Å². The molecule has 1 heterocycles. The molecule has 0 aliphatic carbocycles. The smallest absolute Gasteiger partial charge is 0.254 e. The maximum absolute atomic E-state index is 12.3. The average Bonchev–Trinajstić information content (AvgIpc) is 2.44. The van der Waals surface area contributed by atoms with Gasteiger partial charge in [0.2, 0.25) is 0 Å². The summed E-state index contributed by atoms with van der Waals surface area (Å²) < 4.78 is 1.41. The second kappa shape index (κ2) is 6.33. The summed E-state index contributed by atoms with van der Waals surface area (Å²) in [5.74, 6) is -0.237. The molecule has 4 nitrogen and oxygen atoms in total. The number of halogens is 2. The van der Waals surface area contributed by atoms with E-state index in [1.807, 2.05) is 0 Å². The van der Waals surface area contributed by atoms with Gasteiger partial charge in [-0.2, -0.15) is 0 Å². The van der Waals surface area contributed by atoms with Crippen LogP contribution in [-0.4, -0.2) is 22.4 Å². The molecule has 0 atom stereocenters. The summed E-state index contributed by atoms with van der Waals surface area (Å²) in [5, 5.41) is 1.05. The van der Waals surface area contributed by atoms with Gasteiger partial charge in [0.1, 0.15) is 0 Å². The lowest BCUT2D eigenvalue weighted by atomic mass is 10.2. The molecule has 0 saturated carbocycles. The lowest BCUT2D eigenvalue weighted by Crippen LogP contribution is -2.28. The van der Waals surface area contributed by atoms with Gasteiger partial charge in [0.05, 0.1) is 0 Å². The second-order valence-corrected chi connectivity index (χ2v) is 5.61. The fraction of sp³-hybridized carbons (Fsp3) is 0.200. The first kappa shape index (κ1) is 15.6. The van der Waals surface area contributed by atoms with Crippen LogP contribution in [-0.2, 0) is 13.6 Å². The summed E-state index contributed by atoms with van der Waals surface area (Å²) in [5.41, 5.74) is 0.921. The summed E-state index contributed by atoms with van der Waals surface area (Å²) in [6.45, 7) is 0.337. The Hall–Kier alpha value is -1.78. The molecule has 21 heavy (non-hydrogen) atoms. The van der Waals surface area contributed by atoms with E-state index < -0.39 is 0 Å². The van der Waals surface area contributed by atoms with E-state index in [4.69, 9.17) is 23.2 Å². The van der Waals surface area contributed by atoms with Crippen molar-refractivity contribution in [2.75, 3.05) is 7.05 Å². The highest BCUT2D eigenvalue weighted by atomic mass is 35.5. The van der Waals surface area contributed by atoms with Crippen LogP contribution in [0.5, 0.6) is 0 Å².